The summed E-state index contributed by atoms with van der Waals surface area (Å²) in [5.74, 6) is -1.07. The lowest BCUT2D eigenvalue weighted by Crippen LogP contribution is -2.41. The maximum atomic E-state index is 13.1. The number of hydrogen-bond donors (Lipinski definition) is 1. The third-order valence-electron chi connectivity index (χ3n) is 4.91. The molecule has 0 spiro atoms. The van der Waals surface area contributed by atoms with Crippen LogP contribution < -0.4 is 0 Å². The fourth-order valence-electron chi connectivity index (χ4n) is 2.50. The number of carbonyl (C=O) groups is 1. The third kappa shape index (κ3) is 2.39. The predicted octanol–water partition coefficient (Wildman–Crippen LogP) is 2.77. The maximum absolute atomic E-state index is 13.1. The van der Waals surface area contributed by atoms with Gasteiger partial charge in [0.1, 0.15) is 6.67 Å². The summed E-state index contributed by atoms with van der Waals surface area (Å²) in [5, 5.41) is 9.17. The van der Waals surface area contributed by atoms with Gasteiger partial charge < -0.3 is 14.4 Å². The minimum absolute atomic E-state index is 0.193. The molecule has 6 heteroatoms. The first-order valence-electron chi connectivity index (χ1n) is 6.97. The van der Waals surface area contributed by atoms with Gasteiger partial charge in [-0.25, -0.2) is 4.39 Å². The fourth-order valence-corrected chi connectivity index (χ4v) is 2.50. The van der Waals surface area contributed by atoms with E-state index in [1.165, 1.54) is 0 Å². The Labute approximate surface area is 119 Å². The second-order valence-corrected chi connectivity index (χ2v) is 6.79. The van der Waals surface area contributed by atoms with Crippen molar-refractivity contribution in [2.75, 3.05) is 6.67 Å². The monoisotopic (exact) mass is 284 g/mol. The third-order valence-corrected chi connectivity index (χ3v) is 4.91. The molecule has 1 atom stereocenters. The molecular weight excluding hydrogens is 262 g/mol. The van der Waals surface area contributed by atoms with E-state index in [0.29, 0.717) is 6.42 Å². The van der Waals surface area contributed by atoms with Crippen LogP contribution in [0, 0.1) is 5.41 Å². The molecule has 1 fully saturated rings. The smallest absolute Gasteiger partial charge is 0.481 e. The van der Waals surface area contributed by atoms with Gasteiger partial charge in [-0.05, 0) is 52.4 Å². The maximum Gasteiger partial charge on any atom is 0.490 e. The Kier molecular flexibility index (Phi) is 3.76. The van der Waals surface area contributed by atoms with Gasteiger partial charge in [0.25, 0.3) is 0 Å². The molecule has 0 aromatic heterocycles. The molecule has 1 aliphatic heterocycles. The molecule has 0 saturated carbocycles. The number of halogens is 1. The van der Waals surface area contributed by atoms with Crippen LogP contribution in [0.5, 0.6) is 0 Å². The lowest BCUT2D eigenvalue weighted by atomic mass is 9.66. The van der Waals surface area contributed by atoms with Gasteiger partial charge >= 0.3 is 13.1 Å². The van der Waals surface area contributed by atoms with Crippen LogP contribution in [0.1, 0.15) is 47.0 Å². The molecule has 2 rings (SSSR count). The Morgan fingerprint density at radius 2 is 1.90 bits per heavy atom. The molecule has 2 aliphatic rings. The molecule has 0 amide bonds. The predicted molar refractivity (Wildman–Crippen MR) is 74.1 cm³/mol. The standard InChI is InChI=1S/C14H22BFO4/c1-12(2)13(3,4)20-15(19-12)10-5-7-14(9-16,8-6-10)11(17)18/h5H,6-9H2,1-4H3,(H,17,18)/t14-/m0/s1. The minimum Gasteiger partial charge on any atom is -0.481 e. The normalized spacial score (nSPS) is 32.0. The average Bonchev–Trinajstić information content (AvgIpc) is 2.58. The summed E-state index contributed by atoms with van der Waals surface area (Å²) in [4.78, 5) is 11.2. The van der Waals surface area contributed by atoms with Crippen LogP contribution in [0.25, 0.3) is 0 Å². The molecule has 1 aliphatic carbocycles. The number of rotatable bonds is 3. The first-order valence-corrected chi connectivity index (χ1v) is 6.97. The van der Waals surface area contributed by atoms with Crippen molar-refractivity contribution >= 4 is 13.1 Å². The first-order chi connectivity index (χ1) is 9.13. The van der Waals surface area contributed by atoms with Crippen molar-refractivity contribution in [3.63, 3.8) is 0 Å². The molecule has 0 radical (unpaired) electrons. The first kappa shape index (κ1) is 15.5. The number of alkyl halides is 1. The molecule has 4 nitrogen and oxygen atoms in total. The molecule has 20 heavy (non-hydrogen) atoms. The molecule has 112 valence electrons. The van der Waals surface area contributed by atoms with Crippen molar-refractivity contribution in [2.45, 2.75) is 58.2 Å². The molecular formula is C14H22BFO4. The molecule has 1 saturated heterocycles. The quantitative estimate of drug-likeness (QED) is 0.810. The number of aliphatic carboxylic acids is 1. The average molecular weight is 284 g/mol. The van der Waals surface area contributed by atoms with Crippen LogP contribution in [0.4, 0.5) is 4.39 Å². The van der Waals surface area contributed by atoms with Crippen LogP contribution in [-0.4, -0.2) is 36.1 Å². The van der Waals surface area contributed by atoms with Gasteiger partial charge in [-0.15, -0.1) is 0 Å². The molecule has 0 aromatic carbocycles. The molecule has 0 unspecified atom stereocenters. The number of carboxylic acids is 1. The zero-order valence-electron chi connectivity index (χ0n) is 12.5. The zero-order valence-corrected chi connectivity index (χ0v) is 12.5. The van der Waals surface area contributed by atoms with Crippen LogP contribution in [0.2, 0.25) is 0 Å². The fraction of sp³-hybridized carbons (Fsp3) is 0.786. The van der Waals surface area contributed by atoms with Crippen molar-refractivity contribution in [1.82, 2.24) is 0 Å². The van der Waals surface area contributed by atoms with E-state index in [4.69, 9.17) is 9.31 Å². The zero-order chi connectivity index (χ0) is 15.2. The van der Waals surface area contributed by atoms with Crippen molar-refractivity contribution in [3.8, 4) is 0 Å². The van der Waals surface area contributed by atoms with Crippen LogP contribution in [0.15, 0.2) is 11.5 Å². The highest BCUT2D eigenvalue weighted by atomic mass is 19.1. The summed E-state index contributed by atoms with van der Waals surface area (Å²) >= 11 is 0. The van der Waals surface area contributed by atoms with Gasteiger partial charge in [0.2, 0.25) is 0 Å². The van der Waals surface area contributed by atoms with Crippen LogP contribution >= 0.6 is 0 Å². The Balaban J connectivity index is 2.13. The van der Waals surface area contributed by atoms with Crippen molar-refractivity contribution < 1.29 is 23.6 Å². The van der Waals surface area contributed by atoms with Crippen LogP contribution in [-0.2, 0) is 14.1 Å². The second-order valence-electron chi connectivity index (χ2n) is 6.79. The Hall–Kier alpha value is -0.875. The minimum atomic E-state index is -1.27. The van der Waals surface area contributed by atoms with Crippen LogP contribution in [0.3, 0.4) is 0 Å². The van der Waals surface area contributed by atoms with Gasteiger partial charge in [-0.1, -0.05) is 6.08 Å². The van der Waals surface area contributed by atoms with E-state index in [-0.39, 0.29) is 12.8 Å². The highest BCUT2D eigenvalue weighted by Crippen LogP contribution is 2.43. The number of carboxylic acid groups (broad SMARTS) is 1. The van der Waals surface area contributed by atoms with Gasteiger partial charge in [-0.2, -0.15) is 0 Å². The van der Waals surface area contributed by atoms with Gasteiger partial charge in [-0.3, -0.25) is 4.79 Å². The van der Waals surface area contributed by atoms with E-state index in [9.17, 15) is 14.3 Å². The molecule has 0 aromatic rings. The van der Waals surface area contributed by atoms with Crippen molar-refractivity contribution in [1.29, 1.82) is 0 Å². The molecule has 1 heterocycles. The summed E-state index contributed by atoms with van der Waals surface area (Å²) in [6, 6.07) is 0. The Morgan fingerprint density at radius 1 is 1.35 bits per heavy atom. The highest BCUT2D eigenvalue weighted by molar-refractivity contribution is 6.54. The van der Waals surface area contributed by atoms with E-state index < -0.39 is 36.4 Å². The van der Waals surface area contributed by atoms with Crippen molar-refractivity contribution in [2.24, 2.45) is 5.41 Å². The molecule has 1 N–H and O–H groups in total. The summed E-state index contributed by atoms with van der Waals surface area (Å²) in [6.07, 6.45) is 2.75. The van der Waals surface area contributed by atoms with Gasteiger partial charge in [0, 0.05) is 0 Å². The Bertz CT molecular complexity index is 430. The largest absolute Gasteiger partial charge is 0.490 e. The molecule has 0 bridgehead atoms. The lowest BCUT2D eigenvalue weighted by Gasteiger charge is -2.32. The second kappa shape index (κ2) is 4.84. The lowest BCUT2D eigenvalue weighted by molar-refractivity contribution is -0.150. The Morgan fingerprint density at radius 3 is 2.25 bits per heavy atom. The van der Waals surface area contributed by atoms with E-state index in [2.05, 4.69) is 0 Å². The van der Waals surface area contributed by atoms with E-state index >= 15 is 0 Å². The van der Waals surface area contributed by atoms with Crippen molar-refractivity contribution in [3.05, 3.63) is 11.5 Å². The highest BCUT2D eigenvalue weighted by Gasteiger charge is 2.53. The summed E-state index contributed by atoms with van der Waals surface area (Å²) in [6.45, 7) is 7.05. The summed E-state index contributed by atoms with van der Waals surface area (Å²) < 4.78 is 24.9. The summed E-state index contributed by atoms with van der Waals surface area (Å²) in [5.41, 5.74) is -1.18. The number of hydrogen-bond acceptors (Lipinski definition) is 3. The van der Waals surface area contributed by atoms with E-state index in [1.54, 1.807) is 6.08 Å². The SMILES string of the molecule is CC1(C)OB(C2=CC[C@](CF)(C(=O)O)CC2)OC1(C)C. The van der Waals surface area contributed by atoms with Gasteiger partial charge in [0.05, 0.1) is 16.6 Å². The van der Waals surface area contributed by atoms with Gasteiger partial charge in [0.15, 0.2) is 0 Å². The number of allylic oxidation sites excluding steroid dienone is 2. The van der Waals surface area contributed by atoms with E-state index in [1.807, 2.05) is 27.7 Å². The summed E-state index contributed by atoms with van der Waals surface area (Å²) in [7, 11) is -0.452. The topological polar surface area (TPSA) is 55.8 Å². The van der Waals surface area contributed by atoms with E-state index in [0.717, 1.165) is 5.47 Å².